The summed E-state index contributed by atoms with van der Waals surface area (Å²) in [5.74, 6) is 0.283. The lowest BCUT2D eigenvalue weighted by Crippen LogP contribution is -2.15. The van der Waals surface area contributed by atoms with Crippen LogP contribution in [0.5, 0.6) is 0 Å². The SMILES string of the molecule is Cc1ccc(C)c(NC(=O)c2nc(-c3cccc(Cl)c3)n(-c3ccc(C)c(C)c3)n2)c1. The molecule has 0 unspecified atom stereocenters. The fourth-order valence-corrected chi connectivity index (χ4v) is 3.50. The van der Waals surface area contributed by atoms with Crippen LogP contribution in [0, 0.1) is 27.7 Å². The van der Waals surface area contributed by atoms with E-state index >= 15 is 0 Å². The number of benzene rings is 3. The molecule has 0 fully saturated rings. The molecule has 1 N–H and O–H groups in total. The van der Waals surface area contributed by atoms with Crippen LogP contribution in [0.4, 0.5) is 5.69 Å². The predicted molar refractivity (Wildman–Crippen MR) is 125 cm³/mol. The molecule has 1 amide bonds. The van der Waals surface area contributed by atoms with Crippen molar-refractivity contribution in [2.45, 2.75) is 27.7 Å². The number of rotatable bonds is 4. The third-order valence-electron chi connectivity index (χ3n) is 5.27. The summed E-state index contributed by atoms with van der Waals surface area (Å²) in [5, 5.41) is 8.09. The first-order chi connectivity index (χ1) is 14.8. The lowest BCUT2D eigenvalue weighted by molar-refractivity contribution is 0.101. The molecule has 0 atom stereocenters. The number of hydrogen-bond donors (Lipinski definition) is 1. The molecule has 6 heteroatoms. The molecule has 5 nitrogen and oxygen atoms in total. The van der Waals surface area contributed by atoms with E-state index in [9.17, 15) is 4.79 Å². The van der Waals surface area contributed by atoms with Gasteiger partial charge in [-0.1, -0.05) is 41.9 Å². The van der Waals surface area contributed by atoms with Gasteiger partial charge in [-0.15, -0.1) is 5.10 Å². The lowest BCUT2D eigenvalue weighted by atomic mass is 10.1. The number of aromatic nitrogens is 3. The van der Waals surface area contributed by atoms with E-state index in [-0.39, 0.29) is 11.7 Å². The Labute approximate surface area is 186 Å². The van der Waals surface area contributed by atoms with Crippen molar-refractivity contribution in [3.63, 3.8) is 0 Å². The first kappa shape index (κ1) is 20.8. The van der Waals surface area contributed by atoms with Gasteiger partial charge in [-0.25, -0.2) is 9.67 Å². The summed E-state index contributed by atoms with van der Waals surface area (Å²) in [6.07, 6.45) is 0. The van der Waals surface area contributed by atoms with Crippen molar-refractivity contribution in [3.05, 3.63) is 93.8 Å². The molecule has 1 aromatic heterocycles. The van der Waals surface area contributed by atoms with Gasteiger partial charge in [0.05, 0.1) is 5.69 Å². The van der Waals surface area contributed by atoms with E-state index in [0.29, 0.717) is 10.8 Å². The summed E-state index contributed by atoms with van der Waals surface area (Å²) in [6.45, 7) is 8.04. The maximum Gasteiger partial charge on any atom is 0.295 e. The van der Waals surface area contributed by atoms with Crippen LogP contribution in [0.1, 0.15) is 32.9 Å². The van der Waals surface area contributed by atoms with Gasteiger partial charge in [0, 0.05) is 16.3 Å². The molecule has 0 spiro atoms. The molecule has 31 heavy (non-hydrogen) atoms. The molecular weight excluding hydrogens is 408 g/mol. The summed E-state index contributed by atoms with van der Waals surface area (Å²) >= 11 is 6.21. The first-order valence-electron chi connectivity index (χ1n) is 10.0. The smallest absolute Gasteiger partial charge is 0.295 e. The number of nitrogens with zero attached hydrogens (tertiary/aromatic N) is 3. The highest BCUT2D eigenvalue weighted by Gasteiger charge is 2.20. The van der Waals surface area contributed by atoms with Gasteiger partial charge < -0.3 is 5.32 Å². The average molecular weight is 431 g/mol. The quantitative estimate of drug-likeness (QED) is 0.427. The molecular formula is C25H23ClN4O. The summed E-state index contributed by atoms with van der Waals surface area (Å²) in [5.41, 5.74) is 6.71. The molecule has 4 aromatic rings. The second-order valence-electron chi connectivity index (χ2n) is 7.72. The lowest BCUT2D eigenvalue weighted by Gasteiger charge is -2.08. The molecule has 0 saturated heterocycles. The normalized spacial score (nSPS) is 10.9. The van der Waals surface area contributed by atoms with Crippen molar-refractivity contribution in [3.8, 4) is 17.1 Å². The second kappa shape index (κ2) is 8.36. The van der Waals surface area contributed by atoms with E-state index in [2.05, 4.69) is 22.3 Å². The van der Waals surface area contributed by atoms with Gasteiger partial charge in [-0.3, -0.25) is 4.79 Å². The van der Waals surface area contributed by atoms with Gasteiger partial charge in [-0.05, 0) is 80.3 Å². The monoisotopic (exact) mass is 430 g/mol. The number of amides is 1. The summed E-state index contributed by atoms with van der Waals surface area (Å²) in [7, 11) is 0. The van der Waals surface area contributed by atoms with Crippen LogP contribution in [0.3, 0.4) is 0 Å². The third-order valence-corrected chi connectivity index (χ3v) is 5.50. The Kier molecular flexibility index (Phi) is 5.61. The minimum Gasteiger partial charge on any atom is -0.319 e. The Hall–Kier alpha value is -3.44. The zero-order chi connectivity index (χ0) is 22.1. The Bertz CT molecular complexity index is 1290. The van der Waals surface area contributed by atoms with E-state index in [1.807, 2.05) is 75.4 Å². The molecule has 156 valence electrons. The number of halogens is 1. The number of nitrogens with one attached hydrogen (secondary N) is 1. The van der Waals surface area contributed by atoms with Crippen molar-refractivity contribution in [1.82, 2.24) is 14.8 Å². The van der Waals surface area contributed by atoms with Crippen molar-refractivity contribution in [1.29, 1.82) is 0 Å². The van der Waals surface area contributed by atoms with Crippen LogP contribution in [-0.2, 0) is 0 Å². The van der Waals surface area contributed by atoms with Gasteiger partial charge in [0.25, 0.3) is 5.91 Å². The molecule has 0 saturated carbocycles. The Morgan fingerprint density at radius 1 is 0.903 bits per heavy atom. The molecule has 0 bridgehead atoms. The number of anilines is 1. The molecule has 1 heterocycles. The van der Waals surface area contributed by atoms with E-state index < -0.39 is 0 Å². The van der Waals surface area contributed by atoms with Crippen molar-refractivity contribution < 1.29 is 4.79 Å². The number of aryl methyl sites for hydroxylation is 4. The highest BCUT2D eigenvalue weighted by Crippen LogP contribution is 2.25. The van der Waals surface area contributed by atoms with Crippen LogP contribution >= 0.6 is 11.6 Å². The largest absolute Gasteiger partial charge is 0.319 e. The fourth-order valence-electron chi connectivity index (χ4n) is 3.31. The zero-order valence-corrected chi connectivity index (χ0v) is 18.7. The Morgan fingerprint density at radius 3 is 2.42 bits per heavy atom. The molecule has 0 radical (unpaired) electrons. The average Bonchev–Trinajstić information content (AvgIpc) is 3.18. The van der Waals surface area contributed by atoms with Crippen molar-refractivity contribution in [2.75, 3.05) is 5.32 Å². The highest BCUT2D eigenvalue weighted by atomic mass is 35.5. The number of carbonyl (C=O) groups excluding carboxylic acids is 1. The summed E-state index contributed by atoms with van der Waals surface area (Å²) < 4.78 is 1.69. The van der Waals surface area contributed by atoms with Gasteiger partial charge in [-0.2, -0.15) is 0 Å². The minimum atomic E-state index is -0.362. The van der Waals surface area contributed by atoms with Crippen LogP contribution in [0.25, 0.3) is 17.1 Å². The summed E-state index contributed by atoms with van der Waals surface area (Å²) in [6, 6.07) is 19.3. The van der Waals surface area contributed by atoms with Crippen LogP contribution in [0.15, 0.2) is 60.7 Å². The standard InChI is InChI=1S/C25H23ClN4O/c1-15-8-9-17(3)22(12-15)27-25(31)23-28-24(19-6-5-7-20(26)14-19)30(29-23)21-11-10-16(2)18(4)13-21/h5-14H,1-4H3,(H,27,31). The van der Waals surface area contributed by atoms with E-state index in [0.717, 1.165) is 33.6 Å². The summed E-state index contributed by atoms with van der Waals surface area (Å²) in [4.78, 5) is 17.6. The molecule has 3 aromatic carbocycles. The van der Waals surface area contributed by atoms with E-state index in [1.165, 1.54) is 5.56 Å². The first-order valence-corrected chi connectivity index (χ1v) is 10.4. The number of hydrogen-bond acceptors (Lipinski definition) is 3. The Morgan fingerprint density at radius 2 is 1.68 bits per heavy atom. The zero-order valence-electron chi connectivity index (χ0n) is 17.9. The third kappa shape index (κ3) is 4.37. The maximum absolute atomic E-state index is 13.0. The predicted octanol–water partition coefficient (Wildman–Crippen LogP) is 6.07. The van der Waals surface area contributed by atoms with Gasteiger partial charge in [0.2, 0.25) is 5.82 Å². The Balaban J connectivity index is 1.80. The highest BCUT2D eigenvalue weighted by molar-refractivity contribution is 6.30. The van der Waals surface area contributed by atoms with Gasteiger partial charge >= 0.3 is 0 Å². The fraction of sp³-hybridized carbons (Fsp3) is 0.160. The maximum atomic E-state index is 13.0. The van der Waals surface area contributed by atoms with Crippen LogP contribution < -0.4 is 5.32 Å². The molecule has 0 aliphatic rings. The van der Waals surface area contributed by atoms with Crippen LogP contribution in [0.2, 0.25) is 5.02 Å². The molecule has 0 aliphatic heterocycles. The number of carbonyl (C=O) groups is 1. The minimum absolute atomic E-state index is 0.0918. The van der Waals surface area contributed by atoms with Gasteiger partial charge in [0.1, 0.15) is 0 Å². The van der Waals surface area contributed by atoms with E-state index in [1.54, 1.807) is 10.7 Å². The molecule has 4 rings (SSSR count). The van der Waals surface area contributed by atoms with Crippen molar-refractivity contribution in [2.24, 2.45) is 0 Å². The molecule has 0 aliphatic carbocycles. The van der Waals surface area contributed by atoms with Gasteiger partial charge in [0.15, 0.2) is 5.82 Å². The van der Waals surface area contributed by atoms with Crippen molar-refractivity contribution >= 4 is 23.2 Å². The second-order valence-corrected chi connectivity index (χ2v) is 8.16. The topological polar surface area (TPSA) is 59.8 Å². The van der Waals surface area contributed by atoms with E-state index in [4.69, 9.17) is 11.6 Å². The van der Waals surface area contributed by atoms with Crippen LogP contribution in [-0.4, -0.2) is 20.7 Å².